The highest BCUT2D eigenvalue weighted by molar-refractivity contribution is 5.92. The number of hydrogen-bond donors (Lipinski definition) is 2. The van der Waals surface area contributed by atoms with Crippen LogP contribution in [0.25, 0.3) is 28.2 Å². The first-order valence-electron chi connectivity index (χ1n) is 8.38. The summed E-state index contributed by atoms with van der Waals surface area (Å²) in [6.45, 7) is 7.08. The number of H-pyrrole nitrogens is 1. The number of aromatic amines is 1. The SMILES string of the molecule is CC=Cc1cc(-c2ccnc3[nH]ncc23)cc(C(C)(CC)CN)c1. The van der Waals surface area contributed by atoms with E-state index in [1.807, 2.05) is 25.4 Å². The monoisotopic (exact) mass is 320 g/mol. The van der Waals surface area contributed by atoms with Crippen LogP contribution in [-0.2, 0) is 5.41 Å². The first kappa shape index (κ1) is 16.4. The van der Waals surface area contributed by atoms with Crippen LogP contribution in [0, 0.1) is 0 Å². The van der Waals surface area contributed by atoms with E-state index in [0.717, 1.165) is 23.0 Å². The standard InChI is InChI=1S/C20H24N4/c1-4-6-14-9-15(11-16(10-14)20(3,5-2)13-21)17-7-8-22-19-18(17)12-23-24-19/h4,6-12H,5,13,21H2,1-3H3,(H,22,23,24). The molecule has 0 saturated carbocycles. The van der Waals surface area contributed by atoms with E-state index < -0.39 is 0 Å². The minimum absolute atomic E-state index is 0.0329. The summed E-state index contributed by atoms with van der Waals surface area (Å²) in [7, 11) is 0. The van der Waals surface area contributed by atoms with Crippen molar-refractivity contribution in [2.45, 2.75) is 32.6 Å². The highest BCUT2D eigenvalue weighted by atomic mass is 15.1. The maximum absolute atomic E-state index is 6.09. The van der Waals surface area contributed by atoms with Crippen LogP contribution in [-0.4, -0.2) is 21.7 Å². The van der Waals surface area contributed by atoms with E-state index in [4.69, 9.17) is 5.73 Å². The molecule has 3 aromatic rings. The Balaban J connectivity index is 2.24. The molecule has 0 amide bonds. The molecule has 3 N–H and O–H groups in total. The second-order valence-corrected chi connectivity index (χ2v) is 6.45. The van der Waals surface area contributed by atoms with Crippen molar-refractivity contribution in [1.29, 1.82) is 0 Å². The molecule has 1 atom stereocenters. The molecule has 0 aliphatic rings. The van der Waals surface area contributed by atoms with E-state index in [9.17, 15) is 0 Å². The van der Waals surface area contributed by atoms with Crippen molar-refractivity contribution in [3.63, 3.8) is 0 Å². The lowest BCUT2D eigenvalue weighted by Crippen LogP contribution is -2.31. The highest BCUT2D eigenvalue weighted by Gasteiger charge is 2.24. The van der Waals surface area contributed by atoms with Crippen LogP contribution in [0.1, 0.15) is 38.3 Å². The Morgan fingerprint density at radius 1 is 1.29 bits per heavy atom. The molecule has 0 aliphatic heterocycles. The molecule has 24 heavy (non-hydrogen) atoms. The summed E-state index contributed by atoms with van der Waals surface area (Å²) in [5.41, 5.74) is 11.6. The zero-order valence-electron chi connectivity index (χ0n) is 14.5. The molecule has 2 aromatic heterocycles. The summed E-state index contributed by atoms with van der Waals surface area (Å²) in [5, 5.41) is 8.10. The summed E-state index contributed by atoms with van der Waals surface area (Å²) >= 11 is 0. The number of nitrogens with two attached hydrogens (primary N) is 1. The second kappa shape index (κ2) is 6.57. The van der Waals surface area contributed by atoms with Crippen LogP contribution < -0.4 is 5.73 Å². The summed E-state index contributed by atoms with van der Waals surface area (Å²) < 4.78 is 0. The molecule has 0 saturated heterocycles. The van der Waals surface area contributed by atoms with Crippen LogP contribution in [0.3, 0.4) is 0 Å². The van der Waals surface area contributed by atoms with Gasteiger partial charge in [0.05, 0.1) is 6.20 Å². The van der Waals surface area contributed by atoms with Gasteiger partial charge in [-0.2, -0.15) is 5.10 Å². The number of fused-ring (bicyclic) bond motifs is 1. The maximum atomic E-state index is 6.09. The van der Waals surface area contributed by atoms with E-state index in [0.29, 0.717) is 6.54 Å². The zero-order valence-corrected chi connectivity index (χ0v) is 14.5. The number of aromatic nitrogens is 3. The van der Waals surface area contributed by atoms with Gasteiger partial charge in [0.25, 0.3) is 0 Å². The van der Waals surface area contributed by atoms with Gasteiger partial charge in [0.1, 0.15) is 0 Å². The van der Waals surface area contributed by atoms with Gasteiger partial charge in [-0.1, -0.05) is 38.1 Å². The van der Waals surface area contributed by atoms with E-state index in [1.54, 1.807) is 0 Å². The lowest BCUT2D eigenvalue weighted by atomic mass is 9.78. The van der Waals surface area contributed by atoms with Crippen molar-refractivity contribution in [3.05, 3.63) is 53.9 Å². The van der Waals surface area contributed by atoms with Gasteiger partial charge in [0, 0.05) is 23.5 Å². The summed E-state index contributed by atoms with van der Waals surface area (Å²) in [6, 6.07) is 8.75. The predicted octanol–water partition coefficient (Wildman–Crippen LogP) is 4.28. The number of nitrogens with zero attached hydrogens (tertiary/aromatic N) is 2. The van der Waals surface area contributed by atoms with Crippen LogP contribution in [0.5, 0.6) is 0 Å². The third-order valence-corrected chi connectivity index (χ3v) is 4.91. The Hall–Kier alpha value is -2.46. The molecule has 0 fully saturated rings. The molecule has 1 aromatic carbocycles. The van der Waals surface area contributed by atoms with Gasteiger partial charge in [-0.05, 0) is 47.7 Å². The summed E-state index contributed by atoms with van der Waals surface area (Å²) in [4.78, 5) is 4.34. The number of rotatable bonds is 5. The summed E-state index contributed by atoms with van der Waals surface area (Å²) in [6.07, 6.45) is 8.85. The number of pyridine rings is 1. The smallest absolute Gasteiger partial charge is 0.155 e. The van der Waals surface area contributed by atoms with Crippen molar-refractivity contribution < 1.29 is 0 Å². The molecule has 3 rings (SSSR count). The lowest BCUT2D eigenvalue weighted by Gasteiger charge is -2.28. The van der Waals surface area contributed by atoms with Crippen LogP contribution in [0.15, 0.2) is 42.7 Å². The third-order valence-electron chi connectivity index (χ3n) is 4.91. The average Bonchev–Trinajstić information content (AvgIpc) is 3.09. The van der Waals surface area contributed by atoms with Gasteiger partial charge in [0.15, 0.2) is 5.65 Å². The Morgan fingerprint density at radius 2 is 2.12 bits per heavy atom. The molecule has 124 valence electrons. The minimum Gasteiger partial charge on any atom is -0.330 e. The topological polar surface area (TPSA) is 67.6 Å². The van der Waals surface area contributed by atoms with E-state index in [1.165, 1.54) is 16.7 Å². The van der Waals surface area contributed by atoms with Crippen LogP contribution in [0.2, 0.25) is 0 Å². The fraction of sp³-hybridized carbons (Fsp3) is 0.300. The van der Waals surface area contributed by atoms with Gasteiger partial charge in [-0.25, -0.2) is 4.98 Å². The Kier molecular flexibility index (Phi) is 4.49. The molecule has 0 bridgehead atoms. The number of hydrogen-bond acceptors (Lipinski definition) is 3. The molecule has 0 radical (unpaired) electrons. The lowest BCUT2D eigenvalue weighted by molar-refractivity contribution is 0.467. The Morgan fingerprint density at radius 3 is 2.83 bits per heavy atom. The Labute approximate surface area is 142 Å². The van der Waals surface area contributed by atoms with E-state index in [-0.39, 0.29) is 5.41 Å². The van der Waals surface area contributed by atoms with Crippen molar-refractivity contribution in [2.75, 3.05) is 6.54 Å². The van der Waals surface area contributed by atoms with Crippen molar-refractivity contribution in [2.24, 2.45) is 5.73 Å². The first-order valence-corrected chi connectivity index (χ1v) is 8.38. The molecule has 0 aliphatic carbocycles. The van der Waals surface area contributed by atoms with Crippen LogP contribution >= 0.6 is 0 Å². The molecule has 4 heteroatoms. The normalized spacial score (nSPS) is 14.3. The van der Waals surface area contributed by atoms with Crippen LogP contribution in [0.4, 0.5) is 0 Å². The number of nitrogens with one attached hydrogen (secondary N) is 1. The van der Waals surface area contributed by atoms with Gasteiger partial charge >= 0.3 is 0 Å². The average molecular weight is 320 g/mol. The van der Waals surface area contributed by atoms with E-state index in [2.05, 4.69) is 59.4 Å². The molecule has 1 unspecified atom stereocenters. The van der Waals surface area contributed by atoms with Crippen molar-refractivity contribution >= 4 is 17.1 Å². The van der Waals surface area contributed by atoms with Gasteiger partial charge in [-0.15, -0.1) is 0 Å². The Bertz CT molecular complexity index is 872. The molecule has 2 heterocycles. The second-order valence-electron chi connectivity index (χ2n) is 6.45. The largest absolute Gasteiger partial charge is 0.330 e. The highest BCUT2D eigenvalue weighted by Crippen LogP contribution is 2.34. The minimum atomic E-state index is -0.0329. The van der Waals surface area contributed by atoms with Crippen molar-refractivity contribution in [1.82, 2.24) is 15.2 Å². The summed E-state index contributed by atoms with van der Waals surface area (Å²) in [5.74, 6) is 0. The number of benzene rings is 1. The van der Waals surface area contributed by atoms with E-state index >= 15 is 0 Å². The van der Waals surface area contributed by atoms with Crippen molar-refractivity contribution in [3.8, 4) is 11.1 Å². The molecular formula is C20H24N4. The zero-order chi connectivity index (χ0) is 17.2. The van der Waals surface area contributed by atoms with Gasteiger partial charge in [-0.3, -0.25) is 5.10 Å². The molecule has 4 nitrogen and oxygen atoms in total. The molecule has 0 spiro atoms. The van der Waals surface area contributed by atoms with Gasteiger partial charge < -0.3 is 5.73 Å². The van der Waals surface area contributed by atoms with Gasteiger partial charge in [0.2, 0.25) is 0 Å². The number of allylic oxidation sites excluding steroid dienone is 1. The fourth-order valence-electron chi connectivity index (χ4n) is 3.01. The third kappa shape index (κ3) is 2.85. The first-order chi connectivity index (χ1) is 11.6. The quantitative estimate of drug-likeness (QED) is 0.737. The fourth-order valence-corrected chi connectivity index (χ4v) is 3.01. The maximum Gasteiger partial charge on any atom is 0.155 e. The predicted molar refractivity (Wildman–Crippen MR) is 101 cm³/mol. The molecular weight excluding hydrogens is 296 g/mol.